The number of piperidine rings is 1. The van der Waals surface area contributed by atoms with Crippen molar-refractivity contribution in [3.63, 3.8) is 0 Å². The van der Waals surface area contributed by atoms with E-state index in [0.29, 0.717) is 19.0 Å². The van der Waals surface area contributed by atoms with E-state index < -0.39 is 24.1 Å². The van der Waals surface area contributed by atoms with Crippen LogP contribution in [0.15, 0.2) is 18.2 Å². The van der Waals surface area contributed by atoms with Gasteiger partial charge in [0.1, 0.15) is 11.6 Å². The van der Waals surface area contributed by atoms with Crippen LogP contribution in [0, 0.1) is 11.7 Å². The topological polar surface area (TPSA) is 41.6 Å². The Morgan fingerprint density at radius 3 is 2.62 bits per heavy atom. The van der Waals surface area contributed by atoms with Gasteiger partial charge in [0.05, 0.1) is 5.56 Å². The van der Waals surface area contributed by atoms with Gasteiger partial charge in [-0.25, -0.2) is 4.39 Å². The lowest BCUT2D eigenvalue weighted by Crippen LogP contribution is -2.39. The second-order valence-corrected chi connectivity index (χ2v) is 5.65. The Bertz CT molecular complexity index is 538. The molecular weight excluding hydrogens is 345 g/mol. The molecule has 0 aliphatic carbocycles. The minimum absolute atomic E-state index is 0. The van der Waals surface area contributed by atoms with Crippen molar-refractivity contribution >= 4 is 18.3 Å². The van der Waals surface area contributed by atoms with Gasteiger partial charge in [0.25, 0.3) is 5.91 Å². The molecule has 1 amide bonds. The van der Waals surface area contributed by atoms with Crippen LogP contribution in [0.4, 0.5) is 13.2 Å². The predicted octanol–water partition coefficient (Wildman–Crippen LogP) is 3.31. The molecule has 1 heterocycles. The summed E-state index contributed by atoms with van der Waals surface area (Å²) >= 11 is 0. The highest BCUT2D eigenvalue weighted by Gasteiger charge is 2.26. The lowest BCUT2D eigenvalue weighted by molar-refractivity contribution is -0.0504. The predicted molar refractivity (Wildman–Crippen MR) is 87.5 cm³/mol. The molecule has 0 saturated carbocycles. The molecular formula is C16H22ClF3N2O2. The number of rotatable bonds is 6. The van der Waals surface area contributed by atoms with Gasteiger partial charge in [-0.3, -0.25) is 4.79 Å². The Labute approximate surface area is 145 Å². The third-order valence-corrected chi connectivity index (χ3v) is 4.09. The number of likely N-dealkylation sites (tertiary alicyclic amines) is 1. The van der Waals surface area contributed by atoms with E-state index in [4.69, 9.17) is 0 Å². The zero-order valence-electron chi connectivity index (χ0n) is 13.4. The molecule has 0 bridgehead atoms. The van der Waals surface area contributed by atoms with Crippen molar-refractivity contribution in [1.82, 2.24) is 10.2 Å². The second kappa shape index (κ2) is 9.74. The first-order valence-corrected chi connectivity index (χ1v) is 7.69. The molecule has 0 atom stereocenters. The minimum Gasteiger partial charge on any atom is -0.434 e. The molecule has 1 aliphatic rings. The molecule has 1 aromatic rings. The summed E-state index contributed by atoms with van der Waals surface area (Å²) in [4.78, 5) is 14.1. The van der Waals surface area contributed by atoms with E-state index >= 15 is 0 Å². The van der Waals surface area contributed by atoms with Gasteiger partial charge in [-0.1, -0.05) is 0 Å². The molecule has 1 N–H and O–H groups in total. The average Bonchev–Trinajstić information content (AvgIpc) is 2.52. The maximum absolute atomic E-state index is 13.2. The maximum Gasteiger partial charge on any atom is 0.387 e. The van der Waals surface area contributed by atoms with E-state index in [-0.39, 0.29) is 18.0 Å². The third-order valence-electron chi connectivity index (χ3n) is 4.09. The van der Waals surface area contributed by atoms with Crippen molar-refractivity contribution in [3.05, 3.63) is 29.6 Å². The molecule has 1 aliphatic heterocycles. The summed E-state index contributed by atoms with van der Waals surface area (Å²) in [6.07, 6.45) is 2.80. The second-order valence-electron chi connectivity index (χ2n) is 5.65. The number of amides is 1. The van der Waals surface area contributed by atoms with E-state index in [1.807, 2.05) is 7.05 Å². The Balaban J connectivity index is 0.00000288. The van der Waals surface area contributed by atoms with Gasteiger partial charge in [0.15, 0.2) is 0 Å². The normalized spacial score (nSPS) is 15.3. The van der Waals surface area contributed by atoms with Gasteiger partial charge in [0, 0.05) is 19.2 Å². The first-order valence-electron chi connectivity index (χ1n) is 7.69. The fraction of sp³-hybridized carbons (Fsp3) is 0.562. The number of ether oxygens (including phenoxy) is 1. The highest BCUT2D eigenvalue weighted by Crippen LogP contribution is 2.26. The molecule has 0 spiro atoms. The first-order chi connectivity index (χ1) is 11.0. The van der Waals surface area contributed by atoms with Crippen LogP contribution in [0.25, 0.3) is 0 Å². The lowest BCUT2D eigenvalue weighted by atomic mass is 9.93. The summed E-state index contributed by atoms with van der Waals surface area (Å²) in [6, 6.07) is 3.09. The highest BCUT2D eigenvalue weighted by molar-refractivity contribution is 5.97. The van der Waals surface area contributed by atoms with Gasteiger partial charge in [0.2, 0.25) is 0 Å². The smallest absolute Gasteiger partial charge is 0.387 e. The fourth-order valence-corrected chi connectivity index (χ4v) is 2.81. The summed E-state index contributed by atoms with van der Waals surface area (Å²) in [7, 11) is 1.90. The number of hydrogen-bond acceptors (Lipinski definition) is 3. The summed E-state index contributed by atoms with van der Waals surface area (Å²) < 4.78 is 42.4. The SMILES string of the molecule is CNCCC1CCN(C(=O)c2ccc(F)cc2OC(F)F)CC1.Cl. The molecule has 1 fully saturated rings. The van der Waals surface area contributed by atoms with Crippen LogP contribution in [0.3, 0.4) is 0 Å². The van der Waals surface area contributed by atoms with Gasteiger partial charge in [-0.2, -0.15) is 8.78 Å². The maximum atomic E-state index is 13.2. The number of halogens is 4. The monoisotopic (exact) mass is 366 g/mol. The van der Waals surface area contributed by atoms with Crippen molar-refractivity contribution in [3.8, 4) is 5.75 Å². The van der Waals surface area contributed by atoms with Crippen LogP contribution in [-0.2, 0) is 0 Å². The lowest BCUT2D eigenvalue weighted by Gasteiger charge is -2.32. The van der Waals surface area contributed by atoms with Crippen molar-refractivity contribution in [2.75, 3.05) is 26.7 Å². The Kier molecular flexibility index (Phi) is 8.35. The molecule has 136 valence electrons. The zero-order chi connectivity index (χ0) is 16.8. The molecule has 1 saturated heterocycles. The van der Waals surface area contributed by atoms with Crippen molar-refractivity contribution in [1.29, 1.82) is 0 Å². The summed E-state index contributed by atoms with van der Waals surface area (Å²) in [5, 5.41) is 3.10. The number of benzene rings is 1. The van der Waals surface area contributed by atoms with Crippen LogP contribution in [0.1, 0.15) is 29.6 Å². The number of alkyl halides is 2. The Morgan fingerprint density at radius 1 is 1.38 bits per heavy atom. The van der Waals surface area contributed by atoms with Crippen LogP contribution in [0.2, 0.25) is 0 Å². The molecule has 0 radical (unpaired) electrons. The van der Waals surface area contributed by atoms with Crippen molar-refractivity contribution in [2.45, 2.75) is 25.9 Å². The number of nitrogens with zero attached hydrogens (tertiary/aromatic N) is 1. The molecule has 8 heteroatoms. The molecule has 4 nitrogen and oxygen atoms in total. The molecule has 2 rings (SSSR count). The summed E-state index contributed by atoms with van der Waals surface area (Å²) in [6.45, 7) is -1.03. The number of carbonyl (C=O) groups is 1. The fourth-order valence-electron chi connectivity index (χ4n) is 2.81. The summed E-state index contributed by atoms with van der Waals surface area (Å²) in [5.74, 6) is -0.977. The molecule has 24 heavy (non-hydrogen) atoms. The van der Waals surface area contributed by atoms with E-state index in [0.717, 1.165) is 37.9 Å². The van der Waals surface area contributed by atoms with Crippen LogP contribution in [0.5, 0.6) is 5.75 Å². The quantitative estimate of drug-likeness (QED) is 0.839. The highest BCUT2D eigenvalue weighted by atomic mass is 35.5. The van der Waals surface area contributed by atoms with E-state index in [2.05, 4.69) is 10.1 Å². The number of carbonyl (C=O) groups excluding carboxylic acids is 1. The molecule has 1 aromatic carbocycles. The Hall–Kier alpha value is -1.47. The van der Waals surface area contributed by atoms with Crippen molar-refractivity contribution in [2.24, 2.45) is 5.92 Å². The third kappa shape index (κ3) is 5.56. The van der Waals surface area contributed by atoms with Crippen molar-refractivity contribution < 1.29 is 22.7 Å². The van der Waals surface area contributed by atoms with Gasteiger partial charge in [-0.15, -0.1) is 12.4 Å². The minimum atomic E-state index is -3.10. The van der Waals surface area contributed by atoms with E-state index in [9.17, 15) is 18.0 Å². The van der Waals surface area contributed by atoms with E-state index in [1.54, 1.807) is 4.90 Å². The molecule has 0 unspecified atom stereocenters. The van der Waals surface area contributed by atoms with Crippen LogP contribution >= 0.6 is 12.4 Å². The van der Waals surface area contributed by atoms with Gasteiger partial charge < -0.3 is 15.0 Å². The average molecular weight is 367 g/mol. The van der Waals surface area contributed by atoms with Gasteiger partial charge >= 0.3 is 6.61 Å². The van der Waals surface area contributed by atoms with Crippen LogP contribution in [-0.4, -0.2) is 44.1 Å². The number of nitrogens with one attached hydrogen (secondary N) is 1. The van der Waals surface area contributed by atoms with E-state index in [1.165, 1.54) is 6.07 Å². The Morgan fingerprint density at radius 2 is 2.04 bits per heavy atom. The zero-order valence-corrected chi connectivity index (χ0v) is 14.3. The first kappa shape index (κ1) is 20.6. The number of hydrogen-bond donors (Lipinski definition) is 1. The van der Waals surface area contributed by atoms with Crippen LogP contribution < -0.4 is 10.1 Å². The largest absolute Gasteiger partial charge is 0.434 e. The summed E-state index contributed by atoms with van der Waals surface area (Å²) in [5.41, 5.74) is -0.0274. The standard InChI is InChI=1S/C16H21F3N2O2.ClH/c1-20-7-4-11-5-8-21(9-6-11)15(22)13-3-2-12(17)10-14(13)23-16(18)19;/h2-3,10-11,16,20H,4-9H2,1H3;1H. The molecule has 0 aromatic heterocycles. The van der Waals surface area contributed by atoms with Gasteiger partial charge in [-0.05, 0) is 50.9 Å².